The molecule has 0 saturated heterocycles. The SMILES string of the molecule is O=C(NCc1ccccc1)c1c(F)ccc(I)c1F. The van der Waals surface area contributed by atoms with Gasteiger partial charge in [-0.3, -0.25) is 4.79 Å². The van der Waals surface area contributed by atoms with Crippen LogP contribution in [0.1, 0.15) is 15.9 Å². The number of halogens is 3. The van der Waals surface area contributed by atoms with Gasteiger partial charge in [0.05, 0.1) is 0 Å². The predicted octanol–water partition coefficient (Wildman–Crippen LogP) is 3.50. The summed E-state index contributed by atoms with van der Waals surface area (Å²) in [5.41, 5.74) is 0.324. The molecule has 2 rings (SSSR count). The average molecular weight is 373 g/mol. The third kappa shape index (κ3) is 3.28. The molecule has 0 heterocycles. The summed E-state index contributed by atoms with van der Waals surface area (Å²) in [5.74, 6) is -2.44. The molecule has 0 unspecified atom stereocenters. The summed E-state index contributed by atoms with van der Waals surface area (Å²) >= 11 is 1.72. The predicted molar refractivity (Wildman–Crippen MR) is 76.7 cm³/mol. The van der Waals surface area contributed by atoms with E-state index in [4.69, 9.17) is 0 Å². The van der Waals surface area contributed by atoms with Gasteiger partial charge in [0.15, 0.2) is 5.82 Å². The van der Waals surface area contributed by atoms with Crippen LogP contribution in [0.3, 0.4) is 0 Å². The maximum atomic E-state index is 13.7. The Morgan fingerprint density at radius 1 is 1.11 bits per heavy atom. The largest absolute Gasteiger partial charge is 0.348 e. The lowest BCUT2D eigenvalue weighted by Crippen LogP contribution is -2.25. The smallest absolute Gasteiger partial charge is 0.257 e. The van der Waals surface area contributed by atoms with E-state index in [9.17, 15) is 13.6 Å². The lowest BCUT2D eigenvalue weighted by Gasteiger charge is -2.08. The summed E-state index contributed by atoms with van der Waals surface area (Å²) in [7, 11) is 0. The van der Waals surface area contributed by atoms with Gasteiger partial charge in [-0.15, -0.1) is 0 Å². The Kier molecular flexibility index (Phi) is 4.47. The Morgan fingerprint density at radius 2 is 1.79 bits per heavy atom. The molecule has 98 valence electrons. The zero-order valence-corrected chi connectivity index (χ0v) is 11.9. The van der Waals surface area contributed by atoms with Gasteiger partial charge in [0.1, 0.15) is 11.4 Å². The summed E-state index contributed by atoms with van der Waals surface area (Å²) < 4.78 is 27.4. The van der Waals surface area contributed by atoms with Gasteiger partial charge in [0, 0.05) is 10.1 Å². The second-order valence-corrected chi connectivity index (χ2v) is 5.05. The average Bonchev–Trinajstić information content (AvgIpc) is 2.42. The lowest BCUT2D eigenvalue weighted by molar-refractivity contribution is 0.0942. The number of benzene rings is 2. The molecule has 0 aliphatic heterocycles. The van der Waals surface area contributed by atoms with E-state index >= 15 is 0 Å². The summed E-state index contributed by atoms with van der Waals surface area (Å²) in [5, 5.41) is 2.50. The Labute approximate surface area is 123 Å². The van der Waals surface area contributed by atoms with Gasteiger partial charge < -0.3 is 5.32 Å². The number of hydrogen-bond acceptors (Lipinski definition) is 1. The van der Waals surface area contributed by atoms with Crippen molar-refractivity contribution in [3.05, 3.63) is 68.8 Å². The first-order chi connectivity index (χ1) is 9.09. The van der Waals surface area contributed by atoms with E-state index in [1.165, 1.54) is 6.07 Å². The summed E-state index contributed by atoms with van der Waals surface area (Å²) in [6.07, 6.45) is 0. The van der Waals surface area contributed by atoms with Crippen molar-refractivity contribution in [2.75, 3.05) is 0 Å². The molecule has 0 atom stereocenters. The molecule has 0 aliphatic rings. The third-order valence-electron chi connectivity index (χ3n) is 2.57. The van der Waals surface area contributed by atoms with Crippen molar-refractivity contribution in [2.45, 2.75) is 6.54 Å². The number of hydrogen-bond donors (Lipinski definition) is 1. The van der Waals surface area contributed by atoms with Crippen molar-refractivity contribution in [1.82, 2.24) is 5.32 Å². The van der Waals surface area contributed by atoms with Crippen LogP contribution >= 0.6 is 22.6 Å². The molecule has 5 heteroatoms. The minimum atomic E-state index is -0.858. The van der Waals surface area contributed by atoms with E-state index < -0.39 is 23.1 Å². The summed E-state index contributed by atoms with van der Waals surface area (Å²) in [6.45, 7) is 0.226. The first kappa shape index (κ1) is 13.9. The van der Waals surface area contributed by atoms with Crippen LogP contribution in [0.2, 0.25) is 0 Å². The highest BCUT2D eigenvalue weighted by Crippen LogP contribution is 2.18. The maximum absolute atomic E-state index is 13.7. The van der Waals surface area contributed by atoms with E-state index in [2.05, 4.69) is 5.32 Å². The number of nitrogens with one attached hydrogen (secondary N) is 1. The molecule has 2 nitrogen and oxygen atoms in total. The Morgan fingerprint density at radius 3 is 2.47 bits per heavy atom. The molecule has 19 heavy (non-hydrogen) atoms. The van der Waals surface area contributed by atoms with Crippen molar-refractivity contribution in [3.63, 3.8) is 0 Å². The van der Waals surface area contributed by atoms with Crippen molar-refractivity contribution in [2.24, 2.45) is 0 Å². The van der Waals surface area contributed by atoms with Crippen LogP contribution in [0.15, 0.2) is 42.5 Å². The molecule has 0 fully saturated rings. The van der Waals surface area contributed by atoms with Crippen molar-refractivity contribution < 1.29 is 13.6 Å². The molecule has 0 saturated carbocycles. The van der Waals surface area contributed by atoms with Crippen LogP contribution in [-0.4, -0.2) is 5.91 Å². The molecular weight excluding hydrogens is 363 g/mol. The molecule has 2 aromatic carbocycles. The Balaban J connectivity index is 2.15. The van der Waals surface area contributed by atoms with E-state index in [-0.39, 0.29) is 10.1 Å². The van der Waals surface area contributed by atoms with Gasteiger partial charge in [-0.25, -0.2) is 8.78 Å². The Hall–Kier alpha value is -1.50. The van der Waals surface area contributed by atoms with E-state index in [0.29, 0.717) is 0 Å². The standard InChI is InChI=1S/C14H10F2INO/c15-10-6-7-11(17)13(16)12(10)14(19)18-8-9-4-2-1-3-5-9/h1-7H,8H2,(H,18,19). The fraction of sp³-hybridized carbons (Fsp3) is 0.0714. The quantitative estimate of drug-likeness (QED) is 0.648. The molecule has 0 radical (unpaired) electrons. The van der Waals surface area contributed by atoms with E-state index in [1.54, 1.807) is 22.6 Å². The number of amides is 1. The fourth-order valence-electron chi connectivity index (χ4n) is 1.60. The molecule has 1 amide bonds. The van der Waals surface area contributed by atoms with Gasteiger partial charge in [0.2, 0.25) is 0 Å². The second kappa shape index (κ2) is 6.10. The van der Waals surface area contributed by atoms with Gasteiger partial charge in [-0.05, 0) is 40.3 Å². The molecule has 0 aliphatic carbocycles. The van der Waals surface area contributed by atoms with Gasteiger partial charge in [-0.2, -0.15) is 0 Å². The first-order valence-electron chi connectivity index (χ1n) is 5.55. The normalized spacial score (nSPS) is 10.3. The van der Waals surface area contributed by atoms with Crippen LogP contribution < -0.4 is 5.32 Å². The van der Waals surface area contributed by atoms with Gasteiger partial charge in [0.25, 0.3) is 5.91 Å². The van der Waals surface area contributed by atoms with Gasteiger partial charge in [-0.1, -0.05) is 30.3 Å². The van der Waals surface area contributed by atoms with Crippen molar-refractivity contribution in [3.8, 4) is 0 Å². The highest BCUT2D eigenvalue weighted by atomic mass is 127. The number of carbonyl (C=O) groups is 1. The van der Waals surface area contributed by atoms with Crippen molar-refractivity contribution in [1.29, 1.82) is 0 Å². The van der Waals surface area contributed by atoms with Gasteiger partial charge >= 0.3 is 0 Å². The highest BCUT2D eigenvalue weighted by molar-refractivity contribution is 14.1. The van der Waals surface area contributed by atoms with Crippen molar-refractivity contribution >= 4 is 28.5 Å². The molecule has 0 aromatic heterocycles. The zero-order valence-electron chi connectivity index (χ0n) is 9.79. The van der Waals surface area contributed by atoms with Crippen LogP contribution in [-0.2, 0) is 6.54 Å². The zero-order chi connectivity index (χ0) is 13.8. The topological polar surface area (TPSA) is 29.1 Å². The summed E-state index contributed by atoms with van der Waals surface area (Å²) in [6, 6.07) is 11.5. The summed E-state index contributed by atoms with van der Waals surface area (Å²) in [4.78, 5) is 11.8. The minimum absolute atomic E-state index is 0.212. The minimum Gasteiger partial charge on any atom is -0.348 e. The number of rotatable bonds is 3. The lowest BCUT2D eigenvalue weighted by atomic mass is 10.1. The first-order valence-corrected chi connectivity index (χ1v) is 6.63. The van der Waals surface area contributed by atoms with E-state index in [0.717, 1.165) is 11.6 Å². The highest BCUT2D eigenvalue weighted by Gasteiger charge is 2.19. The third-order valence-corrected chi connectivity index (χ3v) is 3.40. The second-order valence-electron chi connectivity index (χ2n) is 3.89. The molecule has 0 spiro atoms. The Bertz CT molecular complexity index is 602. The molecular formula is C14H10F2INO. The maximum Gasteiger partial charge on any atom is 0.257 e. The van der Waals surface area contributed by atoms with Crippen LogP contribution in [0.4, 0.5) is 8.78 Å². The monoisotopic (exact) mass is 373 g/mol. The number of carbonyl (C=O) groups excluding carboxylic acids is 1. The van der Waals surface area contributed by atoms with Crippen LogP contribution in [0.25, 0.3) is 0 Å². The van der Waals surface area contributed by atoms with Crippen LogP contribution in [0.5, 0.6) is 0 Å². The van der Waals surface area contributed by atoms with E-state index in [1.807, 2.05) is 30.3 Å². The van der Waals surface area contributed by atoms with Crippen LogP contribution in [0, 0.1) is 15.2 Å². The molecule has 0 bridgehead atoms. The fourth-order valence-corrected chi connectivity index (χ4v) is 2.05. The molecule has 1 N–H and O–H groups in total. The molecule has 2 aromatic rings.